The molecular formula is C18H13N3O4. The van der Waals surface area contributed by atoms with Crippen molar-refractivity contribution >= 4 is 39.6 Å². The van der Waals surface area contributed by atoms with E-state index in [0.29, 0.717) is 11.4 Å². The van der Waals surface area contributed by atoms with E-state index < -0.39 is 16.7 Å². The minimum absolute atomic E-state index is 0.0985. The van der Waals surface area contributed by atoms with E-state index >= 15 is 0 Å². The van der Waals surface area contributed by atoms with Crippen LogP contribution in [0, 0.1) is 10.1 Å². The molecule has 0 saturated carbocycles. The third-order valence-corrected chi connectivity index (χ3v) is 3.55. The fourth-order valence-electron chi connectivity index (χ4n) is 2.31. The molecule has 7 heteroatoms. The number of rotatable bonds is 3. The van der Waals surface area contributed by atoms with Gasteiger partial charge in [0.1, 0.15) is 0 Å². The summed E-state index contributed by atoms with van der Waals surface area (Å²) in [5.41, 5.74) is 0.699. The Balaban J connectivity index is 1.67. The first-order valence-corrected chi connectivity index (χ1v) is 7.38. The second kappa shape index (κ2) is 6.79. The predicted octanol–water partition coefficient (Wildman–Crippen LogP) is 3.33. The van der Waals surface area contributed by atoms with Crippen LogP contribution in [0.3, 0.4) is 0 Å². The standard InChI is InChI=1S/C18H13N3O4/c22-17(19-14-7-9-16(10-8-14)21(24)25)18(23)20-15-6-5-12-3-1-2-4-13(12)11-15/h1-11H,(H,19,22)(H,20,23). The lowest BCUT2D eigenvalue weighted by molar-refractivity contribution is -0.384. The normalized spacial score (nSPS) is 10.2. The van der Waals surface area contributed by atoms with Crippen LogP contribution in [0.5, 0.6) is 0 Å². The number of nitrogens with zero attached hydrogens (tertiary/aromatic N) is 1. The van der Waals surface area contributed by atoms with E-state index in [1.54, 1.807) is 12.1 Å². The number of anilines is 2. The summed E-state index contributed by atoms with van der Waals surface area (Å²) >= 11 is 0. The lowest BCUT2D eigenvalue weighted by Crippen LogP contribution is -2.29. The Kier molecular flexibility index (Phi) is 4.38. The summed E-state index contributed by atoms with van der Waals surface area (Å²) in [7, 11) is 0. The van der Waals surface area contributed by atoms with Crippen molar-refractivity contribution in [3.8, 4) is 0 Å². The van der Waals surface area contributed by atoms with Crippen LogP contribution in [0.2, 0.25) is 0 Å². The molecule has 0 aliphatic carbocycles. The molecule has 0 aliphatic rings. The minimum Gasteiger partial charge on any atom is -0.318 e. The van der Waals surface area contributed by atoms with Gasteiger partial charge in [0.15, 0.2) is 0 Å². The van der Waals surface area contributed by atoms with Crippen molar-refractivity contribution in [2.75, 3.05) is 10.6 Å². The van der Waals surface area contributed by atoms with Crippen molar-refractivity contribution < 1.29 is 14.5 Å². The highest BCUT2D eigenvalue weighted by Gasteiger charge is 2.15. The highest BCUT2D eigenvalue weighted by Crippen LogP contribution is 2.19. The average molecular weight is 335 g/mol. The van der Waals surface area contributed by atoms with Crippen molar-refractivity contribution in [1.82, 2.24) is 0 Å². The first-order chi connectivity index (χ1) is 12.0. The van der Waals surface area contributed by atoms with Gasteiger partial charge in [-0.3, -0.25) is 19.7 Å². The number of nitro groups is 1. The first-order valence-electron chi connectivity index (χ1n) is 7.38. The molecule has 0 spiro atoms. The maximum atomic E-state index is 12.0. The molecule has 0 aromatic heterocycles. The molecule has 3 aromatic carbocycles. The quantitative estimate of drug-likeness (QED) is 0.435. The van der Waals surface area contributed by atoms with Gasteiger partial charge >= 0.3 is 11.8 Å². The molecule has 3 rings (SSSR count). The van der Waals surface area contributed by atoms with E-state index in [9.17, 15) is 19.7 Å². The van der Waals surface area contributed by atoms with Crippen molar-refractivity contribution in [2.45, 2.75) is 0 Å². The molecule has 0 saturated heterocycles. The summed E-state index contributed by atoms with van der Waals surface area (Å²) in [5, 5.41) is 17.5. The number of nitrogens with one attached hydrogen (secondary N) is 2. The van der Waals surface area contributed by atoms with Crippen molar-refractivity contribution in [2.24, 2.45) is 0 Å². The van der Waals surface area contributed by atoms with E-state index in [1.807, 2.05) is 30.3 Å². The second-order valence-electron chi connectivity index (χ2n) is 5.27. The molecule has 0 bridgehead atoms. The van der Waals surface area contributed by atoms with Gasteiger partial charge in [-0.05, 0) is 35.0 Å². The molecule has 0 radical (unpaired) electrons. The number of benzene rings is 3. The molecule has 2 N–H and O–H groups in total. The zero-order valence-corrected chi connectivity index (χ0v) is 12.9. The van der Waals surface area contributed by atoms with Crippen LogP contribution in [-0.2, 0) is 9.59 Å². The topological polar surface area (TPSA) is 101 Å². The molecular weight excluding hydrogens is 322 g/mol. The Morgan fingerprint density at radius 2 is 1.32 bits per heavy atom. The number of amides is 2. The Labute approximate surface area is 142 Å². The van der Waals surface area contributed by atoms with Crippen LogP contribution in [0.1, 0.15) is 0 Å². The maximum absolute atomic E-state index is 12.0. The smallest absolute Gasteiger partial charge is 0.314 e. The van der Waals surface area contributed by atoms with E-state index in [1.165, 1.54) is 24.3 Å². The van der Waals surface area contributed by atoms with E-state index in [-0.39, 0.29) is 5.69 Å². The predicted molar refractivity (Wildman–Crippen MR) is 94.3 cm³/mol. The number of carbonyl (C=O) groups excluding carboxylic acids is 2. The van der Waals surface area contributed by atoms with Crippen LogP contribution in [0.4, 0.5) is 17.1 Å². The van der Waals surface area contributed by atoms with Crippen molar-refractivity contribution in [3.63, 3.8) is 0 Å². The molecule has 124 valence electrons. The molecule has 0 unspecified atom stereocenters. The first kappa shape index (κ1) is 16.1. The molecule has 0 atom stereocenters. The van der Waals surface area contributed by atoms with Gasteiger partial charge in [0, 0.05) is 23.5 Å². The van der Waals surface area contributed by atoms with Crippen LogP contribution in [0.25, 0.3) is 10.8 Å². The zero-order valence-electron chi connectivity index (χ0n) is 12.9. The van der Waals surface area contributed by atoms with Gasteiger partial charge in [0.05, 0.1) is 4.92 Å². The Hall–Kier alpha value is -3.74. The van der Waals surface area contributed by atoms with Crippen LogP contribution < -0.4 is 10.6 Å². The van der Waals surface area contributed by atoms with Gasteiger partial charge in [0.2, 0.25) is 0 Å². The number of nitro benzene ring substituents is 1. The monoisotopic (exact) mass is 335 g/mol. The molecule has 7 nitrogen and oxygen atoms in total. The van der Waals surface area contributed by atoms with Gasteiger partial charge in [0.25, 0.3) is 5.69 Å². The summed E-state index contributed by atoms with van der Waals surface area (Å²) in [6.07, 6.45) is 0. The Bertz CT molecular complexity index is 967. The summed E-state index contributed by atoms with van der Waals surface area (Å²) in [6, 6.07) is 18.2. The largest absolute Gasteiger partial charge is 0.318 e. The Morgan fingerprint density at radius 1 is 0.760 bits per heavy atom. The van der Waals surface area contributed by atoms with Crippen LogP contribution in [-0.4, -0.2) is 16.7 Å². The fraction of sp³-hybridized carbons (Fsp3) is 0. The maximum Gasteiger partial charge on any atom is 0.314 e. The van der Waals surface area contributed by atoms with Gasteiger partial charge in [-0.15, -0.1) is 0 Å². The number of non-ortho nitro benzene ring substituents is 1. The van der Waals surface area contributed by atoms with Gasteiger partial charge in [-0.25, -0.2) is 0 Å². The SMILES string of the molecule is O=C(Nc1ccc([N+](=O)[O-])cc1)C(=O)Nc1ccc2ccccc2c1. The summed E-state index contributed by atoms with van der Waals surface area (Å²) in [4.78, 5) is 34.0. The van der Waals surface area contributed by atoms with Gasteiger partial charge in [-0.2, -0.15) is 0 Å². The number of hydrogen-bond donors (Lipinski definition) is 2. The van der Waals surface area contributed by atoms with E-state index in [4.69, 9.17) is 0 Å². The third-order valence-electron chi connectivity index (χ3n) is 3.55. The summed E-state index contributed by atoms with van der Waals surface area (Å²) in [5.74, 6) is -1.68. The average Bonchev–Trinajstić information content (AvgIpc) is 2.62. The van der Waals surface area contributed by atoms with Crippen molar-refractivity contribution in [3.05, 3.63) is 76.8 Å². The molecule has 0 aliphatic heterocycles. The summed E-state index contributed by atoms with van der Waals surface area (Å²) < 4.78 is 0. The molecule has 3 aromatic rings. The van der Waals surface area contributed by atoms with Crippen molar-refractivity contribution in [1.29, 1.82) is 0 Å². The van der Waals surface area contributed by atoms with Crippen LogP contribution in [0.15, 0.2) is 66.7 Å². The molecule has 0 fully saturated rings. The number of fused-ring (bicyclic) bond motifs is 1. The van der Waals surface area contributed by atoms with Gasteiger partial charge < -0.3 is 10.6 Å². The Morgan fingerprint density at radius 3 is 1.96 bits per heavy atom. The van der Waals surface area contributed by atoms with Crippen LogP contribution >= 0.6 is 0 Å². The second-order valence-corrected chi connectivity index (χ2v) is 5.27. The lowest BCUT2D eigenvalue weighted by atomic mass is 10.1. The highest BCUT2D eigenvalue weighted by molar-refractivity contribution is 6.43. The molecule has 2 amide bonds. The van der Waals surface area contributed by atoms with E-state index in [2.05, 4.69) is 10.6 Å². The highest BCUT2D eigenvalue weighted by atomic mass is 16.6. The molecule has 0 heterocycles. The van der Waals surface area contributed by atoms with E-state index in [0.717, 1.165) is 10.8 Å². The number of carbonyl (C=O) groups is 2. The minimum atomic E-state index is -0.859. The zero-order chi connectivity index (χ0) is 17.8. The third kappa shape index (κ3) is 3.78. The fourth-order valence-corrected chi connectivity index (χ4v) is 2.31. The van der Waals surface area contributed by atoms with Gasteiger partial charge in [-0.1, -0.05) is 30.3 Å². The number of hydrogen-bond acceptors (Lipinski definition) is 4. The lowest BCUT2D eigenvalue weighted by Gasteiger charge is -2.07. The summed E-state index contributed by atoms with van der Waals surface area (Å²) in [6.45, 7) is 0. The molecule has 25 heavy (non-hydrogen) atoms.